The molecule has 2 aromatic rings. The van der Waals surface area contributed by atoms with Crippen molar-refractivity contribution in [3.63, 3.8) is 0 Å². The molecule has 0 saturated heterocycles. The zero-order chi connectivity index (χ0) is 18.0. The summed E-state index contributed by atoms with van der Waals surface area (Å²) in [7, 11) is -3.70. The minimum absolute atomic E-state index is 0.0428. The first-order valence-electron chi connectivity index (χ1n) is 7.28. The fraction of sp³-hybridized carbons (Fsp3) is 0.235. The van der Waals surface area contributed by atoms with Crippen molar-refractivity contribution in [3.05, 3.63) is 59.1 Å². The lowest BCUT2D eigenvalue weighted by Gasteiger charge is -2.20. The van der Waals surface area contributed by atoms with Gasteiger partial charge in [-0.05, 0) is 63.2 Å². The SMILES string of the molecule is CC(C)(C)NS(=O)(=O)c1cccc(C(=O)Nc2ccc(Cl)cc2)c1. The first-order chi connectivity index (χ1) is 11.1. The Morgan fingerprint density at radius 1 is 1.04 bits per heavy atom. The molecule has 24 heavy (non-hydrogen) atoms. The van der Waals surface area contributed by atoms with E-state index in [0.29, 0.717) is 10.7 Å². The Bertz CT molecular complexity index is 841. The van der Waals surface area contributed by atoms with E-state index in [0.717, 1.165) is 0 Å². The van der Waals surface area contributed by atoms with Gasteiger partial charge in [0.25, 0.3) is 5.91 Å². The van der Waals surface area contributed by atoms with Gasteiger partial charge >= 0.3 is 0 Å². The summed E-state index contributed by atoms with van der Waals surface area (Å²) >= 11 is 5.80. The molecule has 0 bridgehead atoms. The van der Waals surface area contributed by atoms with Crippen LogP contribution < -0.4 is 10.0 Å². The molecule has 0 saturated carbocycles. The highest BCUT2D eigenvalue weighted by Gasteiger charge is 2.22. The lowest BCUT2D eigenvalue weighted by Crippen LogP contribution is -2.40. The van der Waals surface area contributed by atoms with Crippen LogP contribution in [0.5, 0.6) is 0 Å². The molecule has 0 aliphatic heterocycles. The lowest BCUT2D eigenvalue weighted by molar-refractivity contribution is 0.102. The van der Waals surface area contributed by atoms with Crippen molar-refractivity contribution >= 4 is 33.2 Å². The monoisotopic (exact) mass is 366 g/mol. The van der Waals surface area contributed by atoms with Crippen LogP contribution in [0.1, 0.15) is 31.1 Å². The average Bonchev–Trinajstić information content (AvgIpc) is 2.47. The summed E-state index contributed by atoms with van der Waals surface area (Å²) in [6, 6.07) is 12.5. The molecule has 7 heteroatoms. The topological polar surface area (TPSA) is 75.3 Å². The number of anilines is 1. The van der Waals surface area contributed by atoms with Crippen molar-refractivity contribution in [2.24, 2.45) is 0 Å². The minimum atomic E-state index is -3.70. The molecule has 0 aromatic heterocycles. The normalized spacial score (nSPS) is 12.0. The third-order valence-electron chi connectivity index (χ3n) is 2.95. The highest BCUT2D eigenvalue weighted by molar-refractivity contribution is 7.89. The van der Waals surface area contributed by atoms with Gasteiger partial charge in [-0.3, -0.25) is 4.79 Å². The summed E-state index contributed by atoms with van der Waals surface area (Å²) in [6.45, 7) is 5.25. The van der Waals surface area contributed by atoms with E-state index in [-0.39, 0.29) is 10.5 Å². The van der Waals surface area contributed by atoms with Gasteiger partial charge in [0, 0.05) is 21.8 Å². The maximum absolute atomic E-state index is 12.4. The van der Waals surface area contributed by atoms with Gasteiger partial charge in [0.2, 0.25) is 10.0 Å². The Morgan fingerprint density at radius 2 is 1.67 bits per heavy atom. The molecule has 0 spiro atoms. The first kappa shape index (κ1) is 18.4. The predicted molar refractivity (Wildman–Crippen MR) is 95.9 cm³/mol. The van der Waals surface area contributed by atoms with Gasteiger partial charge in [-0.2, -0.15) is 0 Å². The van der Waals surface area contributed by atoms with E-state index in [1.54, 1.807) is 51.1 Å². The maximum Gasteiger partial charge on any atom is 0.255 e. The van der Waals surface area contributed by atoms with Gasteiger partial charge in [0.15, 0.2) is 0 Å². The molecule has 0 unspecified atom stereocenters. The molecule has 2 aromatic carbocycles. The molecule has 5 nitrogen and oxygen atoms in total. The molecule has 2 rings (SSSR count). The van der Waals surface area contributed by atoms with Gasteiger partial charge in [-0.1, -0.05) is 17.7 Å². The number of hydrogen-bond donors (Lipinski definition) is 2. The van der Waals surface area contributed by atoms with E-state index in [1.165, 1.54) is 18.2 Å². The quantitative estimate of drug-likeness (QED) is 0.866. The van der Waals surface area contributed by atoms with Gasteiger partial charge in [-0.25, -0.2) is 13.1 Å². The largest absolute Gasteiger partial charge is 0.322 e. The molecule has 0 fully saturated rings. The third kappa shape index (κ3) is 5.06. The number of sulfonamides is 1. The molecule has 2 N–H and O–H groups in total. The smallest absolute Gasteiger partial charge is 0.255 e. The van der Waals surface area contributed by atoms with Crippen molar-refractivity contribution in [1.29, 1.82) is 0 Å². The number of amides is 1. The van der Waals surface area contributed by atoms with Crippen molar-refractivity contribution in [2.45, 2.75) is 31.2 Å². The van der Waals surface area contributed by atoms with Crippen LogP contribution in [0.15, 0.2) is 53.4 Å². The van der Waals surface area contributed by atoms with E-state index in [2.05, 4.69) is 10.0 Å². The zero-order valence-corrected chi connectivity index (χ0v) is 15.2. The summed E-state index contributed by atoms with van der Waals surface area (Å²) in [4.78, 5) is 12.3. The van der Waals surface area contributed by atoms with Gasteiger partial charge in [0.05, 0.1) is 4.90 Å². The Labute approximate surface area is 147 Å². The first-order valence-corrected chi connectivity index (χ1v) is 9.14. The molecule has 128 valence electrons. The second kappa shape index (κ2) is 6.93. The number of nitrogens with one attached hydrogen (secondary N) is 2. The summed E-state index contributed by atoms with van der Waals surface area (Å²) in [5.74, 6) is -0.398. The number of halogens is 1. The number of rotatable bonds is 4. The van der Waals surface area contributed by atoms with Crippen LogP contribution in [0, 0.1) is 0 Å². The van der Waals surface area contributed by atoms with Crippen molar-refractivity contribution in [3.8, 4) is 0 Å². The standard InChI is InChI=1S/C17H19ClN2O3S/c1-17(2,3)20-24(22,23)15-6-4-5-12(11-15)16(21)19-14-9-7-13(18)8-10-14/h4-11,20H,1-3H3,(H,19,21). The Hall–Kier alpha value is -1.89. The average molecular weight is 367 g/mol. The molecule has 0 aliphatic rings. The van der Waals surface area contributed by atoms with E-state index in [1.807, 2.05) is 0 Å². The van der Waals surface area contributed by atoms with Gasteiger partial charge < -0.3 is 5.32 Å². The fourth-order valence-electron chi connectivity index (χ4n) is 2.00. The fourth-order valence-corrected chi connectivity index (χ4v) is 3.59. The van der Waals surface area contributed by atoms with Crippen molar-refractivity contribution in [2.75, 3.05) is 5.32 Å². The maximum atomic E-state index is 12.4. The summed E-state index contributed by atoms with van der Waals surface area (Å²) in [6.07, 6.45) is 0. The predicted octanol–water partition coefficient (Wildman–Crippen LogP) is 3.67. The van der Waals surface area contributed by atoms with Crippen LogP contribution in [-0.2, 0) is 10.0 Å². The molecule has 0 radical (unpaired) electrons. The molecular weight excluding hydrogens is 348 g/mol. The molecule has 0 atom stereocenters. The van der Waals surface area contributed by atoms with Crippen molar-refractivity contribution < 1.29 is 13.2 Å². The number of carbonyl (C=O) groups is 1. The highest BCUT2D eigenvalue weighted by Crippen LogP contribution is 2.17. The van der Waals surface area contributed by atoms with Crippen LogP contribution in [0.25, 0.3) is 0 Å². The number of carbonyl (C=O) groups excluding carboxylic acids is 1. The second-order valence-electron chi connectivity index (χ2n) is 6.34. The Morgan fingerprint density at radius 3 is 2.25 bits per heavy atom. The van der Waals surface area contributed by atoms with Crippen LogP contribution in [0.4, 0.5) is 5.69 Å². The summed E-state index contributed by atoms with van der Waals surface area (Å²) < 4.78 is 27.3. The van der Waals surface area contributed by atoms with Crippen molar-refractivity contribution in [1.82, 2.24) is 4.72 Å². The van der Waals surface area contributed by atoms with E-state index in [9.17, 15) is 13.2 Å². The second-order valence-corrected chi connectivity index (χ2v) is 8.46. The lowest BCUT2D eigenvalue weighted by atomic mass is 10.1. The zero-order valence-electron chi connectivity index (χ0n) is 13.6. The van der Waals surface area contributed by atoms with Crippen LogP contribution >= 0.6 is 11.6 Å². The summed E-state index contributed by atoms with van der Waals surface area (Å²) in [5.41, 5.74) is 0.215. The Kier molecular flexibility index (Phi) is 5.32. The van der Waals surface area contributed by atoms with Crippen LogP contribution in [0.2, 0.25) is 5.02 Å². The molecule has 0 heterocycles. The van der Waals surface area contributed by atoms with Gasteiger partial charge in [0.1, 0.15) is 0 Å². The number of hydrogen-bond acceptors (Lipinski definition) is 3. The number of benzene rings is 2. The summed E-state index contributed by atoms with van der Waals surface area (Å²) in [5, 5.41) is 3.26. The van der Waals surface area contributed by atoms with Crippen LogP contribution in [-0.4, -0.2) is 19.9 Å². The van der Waals surface area contributed by atoms with Gasteiger partial charge in [-0.15, -0.1) is 0 Å². The van der Waals surface area contributed by atoms with E-state index < -0.39 is 21.5 Å². The van der Waals surface area contributed by atoms with E-state index in [4.69, 9.17) is 11.6 Å². The third-order valence-corrected chi connectivity index (χ3v) is 4.96. The minimum Gasteiger partial charge on any atom is -0.322 e. The molecule has 0 aliphatic carbocycles. The highest BCUT2D eigenvalue weighted by atomic mass is 35.5. The molecular formula is C17H19ClN2O3S. The Balaban J connectivity index is 2.23. The van der Waals surface area contributed by atoms with E-state index >= 15 is 0 Å². The molecule has 1 amide bonds. The van der Waals surface area contributed by atoms with Crippen LogP contribution in [0.3, 0.4) is 0 Å².